The molecule has 0 aromatic rings. The van der Waals surface area contributed by atoms with Crippen LogP contribution in [0.25, 0.3) is 0 Å². The van der Waals surface area contributed by atoms with Crippen molar-refractivity contribution in [1.82, 2.24) is 5.32 Å². The molecule has 78 valence electrons. The number of alkyl carbamates (subject to hydrolysis) is 1. The molecule has 0 aromatic heterocycles. The maximum absolute atomic E-state index is 11.0. The number of carbonyl (C=O) groups is 1. The Morgan fingerprint density at radius 2 is 2.08 bits per heavy atom. The van der Waals surface area contributed by atoms with Crippen LogP contribution in [0.15, 0.2) is 0 Å². The molecule has 0 rings (SSSR count). The molecule has 0 radical (unpaired) electrons. The second-order valence-electron chi connectivity index (χ2n) is 4.18. The van der Waals surface area contributed by atoms with Gasteiger partial charge >= 0.3 is 6.09 Å². The van der Waals surface area contributed by atoms with Crippen LogP contribution >= 0.6 is 0 Å². The summed E-state index contributed by atoms with van der Waals surface area (Å²) < 4.78 is 4.90. The van der Waals surface area contributed by atoms with E-state index in [1.54, 1.807) is 0 Å². The molecule has 13 heavy (non-hydrogen) atoms. The molecule has 0 fully saturated rings. The molecule has 0 spiro atoms. The predicted octanol–water partition coefficient (Wildman–Crippen LogP) is 1.11. The van der Waals surface area contributed by atoms with Gasteiger partial charge in [-0.2, -0.15) is 0 Å². The molecule has 0 heterocycles. The molecule has 0 bridgehead atoms. The van der Waals surface area contributed by atoms with Gasteiger partial charge in [0.25, 0.3) is 0 Å². The van der Waals surface area contributed by atoms with Gasteiger partial charge in [-0.05, 0) is 25.8 Å². The van der Waals surface area contributed by atoms with Crippen molar-refractivity contribution in [3.05, 3.63) is 0 Å². The van der Waals surface area contributed by atoms with E-state index in [0.717, 1.165) is 0 Å². The van der Waals surface area contributed by atoms with E-state index in [0.29, 0.717) is 13.1 Å². The Morgan fingerprint density at radius 1 is 1.54 bits per heavy atom. The van der Waals surface area contributed by atoms with Crippen LogP contribution in [0, 0.1) is 5.41 Å². The zero-order valence-electron chi connectivity index (χ0n) is 8.89. The van der Waals surface area contributed by atoms with Gasteiger partial charge in [0, 0.05) is 6.54 Å². The van der Waals surface area contributed by atoms with Crippen LogP contribution in [-0.2, 0) is 4.74 Å². The van der Waals surface area contributed by atoms with Gasteiger partial charge in [0.2, 0.25) is 0 Å². The van der Waals surface area contributed by atoms with Crippen molar-refractivity contribution in [3.63, 3.8) is 0 Å². The fourth-order valence-corrected chi connectivity index (χ4v) is 0.639. The van der Waals surface area contributed by atoms with Crippen molar-refractivity contribution in [2.75, 3.05) is 13.1 Å². The van der Waals surface area contributed by atoms with Crippen molar-refractivity contribution >= 4 is 6.09 Å². The molecule has 0 saturated heterocycles. The van der Waals surface area contributed by atoms with E-state index >= 15 is 0 Å². The molecule has 4 heteroatoms. The fourth-order valence-electron chi connectivity index (χ4n) is 0.639. The van der Waals surface area contributed by atoms with Crippen molar-refractivity contribution in [3.8, 4) is 0 Å². The minimum absolute atomic E-state index is 0.0734. The molecule has 1 amide bonds. The third-order valence-electron chi connectivity index (χ3n) is 1.61. The Hall–Kier alpha value is -0.770. The number of rotatable bonds is 4. The summed E-state index contributed by atoms with van der Waals surface area (Å²) in [6.45, 7) is 8.68. The number of ether oxygens (including phenoxy) is 1. The summed E-state index contributed by atoms with van der Waals surface area (Å²) in [6.07, 6.45) is -0.461. The van der Waals surface area contributed by atoms with Gasteiger partial charge in [0.1, 0.15) is 0 Å². The minimum Gasteiger partial charge on any atom is -0.447 e. The van der Waals surface area contributed by atoms with Crippen molar-refractivity contribution in [2.45, 2.75) is 33.8 Å². The SMILES string of the molecule is CC(C)OC(=O)NCC(C)(C)CN. The Balaban J connectivity index is 3.70. The van der Waals surface area contributed by atoms with Crippen molar-refractivity contribution in [2.24, 2.45) is 11.1 Å². The maximum atomic E-state index is 11.0. The van der Waals surface area contributed by atoms with Gasteiger partial charge in [-0.15, -0.1) is 0 Å². The highest BCUT2D eigenvalue weighted by atomic mass is 16.6. The van der Waals surface area contributed by atoms with Crippen LogP contribution in [0.2, 0.25) is 0 Å². The molecule has 3 N–H and O–H groups in total. The highest BCUT2D eigenvalue weighted by Gasteiger charge is 2.17. The molecule has 0 unspecified atom stereocenters. The van der Waals surface area contributed by atoms with Gasteiger partial charge < -0.3 is 15.8 Å². The molecular formula is C9H20N2O2. The van der Waals surface area contributed by atoms with Crippen molar-refractivity contribution in [1.29, 1.82) is 0 Å². The summed E-state index contributed by atoms with van der Waals surface area (Å²) in [6, 6.07) is 0. The summed E-state index contributed by atoms with van der Waals surface area (Å²) in [7, 11) is 0. The third-order valence-corrected chi connectivity index (χ3v) is 1.61. The highest BCUT2D eigenvalue weighted by Crippen LogP contribution is 2.09. The Morgan fingerprint density at radius 3 is 2.46 bits per heavy atom. The summed E-state index contributed by atoms with van der Waals surface area (Å²) in [4.78, 5) is 11.0. The minimum atomic E-state index is -0.378. The van der Waals surface area contributed by atoms with E-state index < -0.39 is 0 Å². The molecule has 0 aliphatic carbocycles. The Bertz CT molecular complexity index is 167. The van der Waals surface area contributed by atoms with Crippen molar-refractivity contribution < 1.29 is 9.53 Å². The second kappa shape index (κ2) is 5.07. The molecule has 0 atom stereocenters. The lowest BCUT2D eigenvalue weighted by molar-refractivity contribution is 0.112. The van der Waals surface area contributed by atoms with Crippen LogP contribution in [0.1, 0.15) is 27.7 Å². The predicted molar refractivity (Wildman–Crippen MR) is 52.5 cm³/mol. The quantitative estimate of drug-likeness (QED) is 0.694. The number of nitrogens with two attached hydrogens (primary N) is 1. The van der Waals surface area contributed by atoms with Crippen LogP contribution < -0.4 is 11.1 Å². The molecular weight excluding hydrogens is 168 g/mol. The third kappa shape index (κ3) is 6.40. The van der Waals surface area contributed by atoms with E-state index in [-0.39, 0.29) is 17.6 Å². The van der Waals surface area contributed by atoms with E-state index in [2.05, 4.69) is 5.32 Å². The molecule has 0 aromatic carbocycles. The van der Waals surface area contributed by atoms with Gasteiger partial charge in [-0.25, -0.2) is 4.79 Å². The zero-order valence-corrected chi connectivity index (χ0v) is 8.89. The van der Waals surface area contributed by atoms with Gasteiger partial charge in [0.05, 0.1) is 6.10 Å². The molecule has 0 aliphatic rings. The fraction of sp³-hybridized carbons (Fsp3) is 0.889. The van der Waals surface area contributed by atoms with Crippen LogP contribution in [0.4, 0.5) is 4.79 Å². The van der Waals surface area contributed by atoms with Crippen LogP contribution in [0.3, 0.4) is 0 Å². The highest BCUT2D eigenvalue weighted by molar-refractivity contribution is 5.67. The average molecular weight is 188 g/mol. The number of nitrogens with one attached hydrogen (secondary N) is 1. The lowest BCUT2D eigenvalue weighted by Gasteiger charge is -2.22. The van der Waals surface area contributed by atoms with E-state index in [1.165, 1.54) is 0 Å². The van der Waals surface area contributed by atoms with Gasteiger partial charge in [0.15, 0.2) is 0 Å². The number of amides is 1. The summed E-state index contributed by atoms with van der Waals surface area (Å²) in [5, 5.41) is 2.66. The molecule has 4 nitrogen and oxygen atoms in total. The molecule has 0 aliphatic heterocycles. The first-order chi connectivity index (χ1) is 5.87. The smallest absolute Gasteiger partial charge is 0.407 e. The van der Waals surface area contributed by atoms with E-state index in [4.69, 9.17) is 10.5 Å². The first-order valence-electron chi connectivity index (χ1n) is 4.52. The second-order valence-corrected chi connectivity index (χ2v) is 4.18. The average Bonchev–Trinajstić information content (AvgIpc) is 2.00. The Labute approximate surface area is 79.8 Å². The van der Waals surface area contributed by atoms with Crippen LogP contribution in [-0.4, -0.2) is 25.3 Å². The number of hydrogen-bond acceptors (Lipinski definition) is 3. The normalized spacial score (nSPS) is 11.5. The summed E-state index contributed by atoms with van der Waals surface area (Å²) in [5.74, 6) is 0. The Kier molecular flexibility index (Phi) is 4.77. The standard InChI is InChI=1S/C9H20N2O2/c1-7(2)13-8(12)11-6-9(3,4)5-10/h7H,5-6,10H2,1-4H3,(H,11,12). The first-order valence-corrected chi connectivity index (χ1v) is 4.52. The topological polar surface area (TPSA) is 64.3 Å². The molecule has 0 saturated carbocycles. The lowest BCUT2D eigenvalue weighted by atomic mass is 9.94. The largest absolute Gasteiger partial charge is 0.447 e. The van der Waals surface area contributed by atoms with Gasteiger partial charge in [-0.3, -0.25) is 0 Å². The van der Waals surface area contributed by atoms with E-state index in [9.17, 15) is 4.79 Å². The van der Waals surface area contributed by atoms with E-state index in [1.807, 2.05) is 27.7 Å². The number of carbonyl (C=O) groups excluding carboxylic acids is 1. The lowest BCUT2D eigenvalue weighted by Crippen LogP contribution is -2.39. The number of hydrogen-bond donors (Lipinski definition) is 2. The monoisotopic (exact) mass is 188 g/mol. The first kappa shape index (κ1) is 12.2. The maximum Gasteiger partial charge on any atom is 0.407 e. The summed E-state index contributed by atoms with van der Waals surface area (Å²) >= 11 is 0. The summed E-state index contributed by atoms with van der Waals surface area (Å²) in [5.41, 5.74) is 5.43. The van der Waals surface area contributed by atoms with Crippen LogP contribution in [0.5, 0.6) is 0 Å². The zero-order chi connectivity index (χ0) is 10.5. The van der Waals surface area contributed by atoms with Gasteiger partial charge in [-0.1, -0.05) is 13.8 Å².